The van der Waals surface area contributed by atoms with Gasteiger partial charge in [0.2, 0.25) is 0 Å². The van der Waals surface area contributed by atoms with E-state index >= 15 is 0 Å². The Kier molecular flexibility index (Phi) is 6.65. The number of ether oxygens (including phenoxy) is 1. The molecule has 0 saturated carbocycles. The third-order valence-corrected chi connectivity index (χ3v) is 3.89. The number of carbonyl (C=O) groups excluding carboxylic acids is 1. The van der Waals surface area contributed by atoms with Gasteiger partial charge in [0.25, 0.3) is 0 Å². The predicted molar refractivity (Wildman–Crippen MR) is 110 cm³/mol. The van der Waals surface area contributed by atoms with Crippen LogP contribution >= 0.6 is 0 Å². The molecule has 2 N–H and O–H groups in total. The lowest BCUT2D eigenvalue weighted by Gasteiger charge is -2.09. The highest BCUT2D eigenvalue weighted by molar-refractivity contribution is 5.72. The second kappa shape index (κ2) is 9.82. The zero-order valence-corrected chi connectivity index (χ0v) is 15.0. The maximum absolute atomic E-state index is 11.8. The summed E-state index contributed by atoms with van der Waals surface area (Å²) >= 11 is 0. The average molecular weight is 358 g/mol. The van der Waals surface area contributed by atoms with Crippen molar-refractivity contribution in [1.82, 2.24) is 5.32 Å². The van der Waals surface area contributed by atoms with Crippen molar-refractivity contribution < 1.29 is 9.53 Å². The van der Waals surface area contributed by atoms with Crippen molar-refractivity contribution >= 4 is 23.5 Å². The molecule has 27 heavy (non-hydrogen) atoms. The van der Waals surface area contributed by atoms with E-state index in [1.165, 1.54) is 0 Å². The third kappa shape index (κ3) is 6.04. The van der Waals surface area contributed by atoms with Crippen LogP contribution in [0.1, 0.15) is 11.1 Å². The minimum absolute atomic E-state index is 0.264. The maximum atomic E-state index is 11.8. The van der Waals surface area contributed by atoms with Crippen LogP contribution in [0.25, 0.3) is 6.08 Å². The average Bonchev–Trinajstić information content (AvgIpc) is 2.72. The van der Waals surface area contributed by atoms with E-state index in [9.17, 15) is 4.79 Å². The number of alkyl carbamates (subject to hydrolysis) is 1. The first-order chi connectivity index (χ1) is 13.3. The fourth-order valence-electron chi connectivity index (χ4n) is 2.54. The summed E-state index contributed by atoms with van der Waals surface area (Å²) in [5.74, 6) is 0. The number of carbonyl (C=O) groups is 1. The highest BCUT2D eigenvalue weighted by atomic mass is 16.5. The fraction of sp³-hybridized carbons (Fsp3) is 0.0870. The lowest BCUT2D eigenvalue weighted by molar-refractivity contribution is 0.141. The Hall–Kier alpha value is -3.53. The fourth-order valence-corrected chi connectivity index (χ4v) is 2.54. The SMILES string of the molecule is O=C(NCC=Cc1ccccc1Nc1ccccc1)OCc1ccccc1. The second-order valence-electron chi connectivity index (χ2n) is 5.92. The number of hydrogen-bond acceptors (Lipinski definition) is 3. The van der Waals surface area contributed by atoms with Gasteiger partial charge in [-0.2, -0.15) is 0 Å². The van der Waals surface area contributed by atoms with Gasteiger partial charge >= 0.3 is 6.09 Å². The van der Waals surface area contributed by atoms with Crippen LogP contribution in [-0.2, 0) is 11.3 Å². The normalized spacial score (nSPS) is 10.5. The Balaban J connectivity index is 1.49. The molecule has 0 radical (unpaired) electrons. The lowest BCUT2D eigenvalue weighted by atomic mass is 10.1. The molecular formula is C23H22N2O2. The largest absolute Gasteiger partial charge is 0.445 e. The molecule has 0 aliphatic heterocycles. The summed E-state index contributed by atoms with van der Waals surface area (Å²) in [5, 5.41) is 6.12. The van der Waals surface area contributed by atoms with Crippen LogP contribution in [0, 0.1) is 0 Å². The Morgan fingerprint density at radius 2 is 1.52 bits per heavy atom. The summed E-state index contributed by atoms with van der Waals surface area (Å²) in [5.41, 5.74) is 4.04. The van der Waals surface area contributed by atoms with Gasteiger partial charge in [0.1, 0.15) is 6.61 Å². The van der Waals surface area contributed by atoms with E-state index in [0.717, 1.165) is 22.5 Å². The van der Waals surface area contributed by atoms with E-state index < -0.39 is 6.09 Å². The van der Waals surface area contributed by atoms with Gasteiger partial charge in [-0.3, -0.25) is 0 Å². The van der Waals surface area contributed by atoms with Crippen LogP contribution in [-0.4, -0.2) is 12.6 Å². The van der Waals surface area contributed by atoms with Gasteiger partial charge in [-0.15, -0.1) is 0 Å². The summed E-state index contributed by atoms with van der Waals surface area (Å²) < 4.78 is 5.19. The van der Waals surface area contributed by atoms with E-state index in [-0.39, 0.29) is 6.61 Å². The molecular weight excluding hydrogens is 336 g/mol. The zero-order chi connectivity index (χ0) is 18.7. The van der Waals surface area contributed by atoms with Crippen molar-refractivity contribution in [1.29, 1.82) is 0 Å². The van der Waals surface area contributed by atoms with Gasteiger partial charge in [-0.1, -0.05) is 78.9 Å². The van der Waals surface area contributed by atoms with Crippen molar-refractivity contribution in [3.05, 3.63) is 102 Å². The number of hydrogen-bond donors (Lipinski definition) is 2. The van der Waals surface area contributed by atoms with E-state index in [4.69, 9.17) is 4.74 Å². The van der Waals surface area contributed by atoms with Gasteiger partial charge in [-0.05, 0) is 29.3 Å². The topological polar surface area (TPSA) is 50.4 Å². The molecule has 0 bridgehead atoms. The third-order valence-electron chi connectivity index (χ3n) is 3.89. The van der Waals surface area contributed by atoms with Crippen LogP contribution in [0.4, 0.5) is 16.2 Å². The Morgan fingerprint density at radius 3 is 2.30 bits per heavy atom. The minimum Gasteiger partial charge on any atom is -0.445 e. The molecule has 0 aliphatic carbocycles. The number of benzene rings is 3. The van der Waals surface area contributed by atoms with Gasteiger partial charge in [0, 0.05) is 17.9 Å². The molecule has 4 heteroatoms. The molecule has 0 saturated heterocycles. The zero-order valence-electron chi connectivity index (χ0n) is 15.0. The monoisotopic (exact) mass is 358 g/mol. The molecule has 0 aliphatic rings. The maximum Gasteiger partial charge on any atom is 0.407 e. The standard InChI is InChI=1S/C23H22N2O2/c26-23(27-18-19-10-3-1-4-11-19)24-17-9-13-20-12-7-8-16-22(20)25-21-14-5-2-6-15-21/h1-16,25H,17-18H2,(H,24,26). The highest BCUT2D eigenvalue weighted by Gasteiger charge is 2.01. The Bertz CT molecular complexity index is 877. The Morgan fingerprint density at radius 1 is 0.852 bits per heavy atom. The van der Waals surface area contributed by atoms with Crippen LogP contribution in [0.3, 0.4) is 0 Å². The first kappa shape index (κ1) is 18.3. The molecule has 0 spiro atoms. The van der Waals surface area contributed by atoms with Crippen molar-refractivity contribution in [2.45, 2.75) is 6.61 Å². The van der Waals surface area contributed by atoms with Crippen LogP contribution in [0.2, 0.25) is 0 Å². The Labute approximate surface area is 159 Å². The second-order valence-corrected chi connectivity index (χ2v) is 5.92. The molecule has 0 aromatic heterocycles. The van der Waals surface area contributed by atoms with Crippen molar-refractivity contribution in [2.75, 3.05) is 11.9 Å². The van der Waals surface area contributed by atoms with Gasteiger partial charge in [0.15, 0.2) is 0 Å². The minimum atomic E-state index is -0.431. The van der Waals surface area contributed by atoms with Crippen LogP contribution in [0.5, 0.6) is 0 Å². The molecule has 0 fully saturated rings. The number of anilines is 2. The van der Waals surface area contributed by atoms with Crippen molar-refractivity contribution in [3.63, 3.8) is 0 Å². The van der Waals surface area contributed by atoms with E-state index in [1.807, 2.05) is 97.1 Å². The molecule has 0 unspecified atom stereocenters. The smallest absolute Gasteiger partial charge is 0.407 e. The van der Waals surface area contributed by atoms with Crippen molar-refractivity contribution in [2.24, 2.45) is 0 Å². The number of para-hydroxylation sites is 2. The van der Waals surface area contributed by atoms with Gasteiger partial charge in [-0.25, -0.2) is 4.79 Å². The molecule has 1 amide bonds. The molecule has 3 rings (SSSR count). The molecule has 0 heterocycles. The van der Waals surface area contributed by atoms with E-state index in [2.05, 4.69) is 10.6 Å². The lowest BCUT2D eigenvalue weighted by Crippen LogP contribution is -2.24. The first-order valence-electron chi connectivity index (χ1n) is 8.83. The first-order valence-corrected chi connectivity index (χ1v) is 8.83. The summed E-state index contributed by atoms with van der Waals surface area (Å²) in [6.07, 6.45) is 3.44. The van der Waals surface area contributed by atoms with Crippen molar-refractivity contribution in [3.8, 4) is 0 Å². The molecule has 3 aromatic carbocycles. The van der Waals surface area contributed by atoms with E-state index in [0.29, 0.717) is 6.54 Å². The summed E-state index contributed by atoms with van der Waals surface area (Å²) in [4.78, 5) is 11.8. The van der Waals surface area contributed by atoms with Gasteiger partial charge in [0.05, 0.1) is 0 Å². The summed E-state index contributed by atoms with van der Waals surface area (Å²) in [6, 6.07) is 27.6. The predicted octanol–water partition coefficient (Wildman–Crippen LogP) is 5.37. The van der Waals surface area contributed by atoms with Crippen LogP contribution < -0.4 is 10.6 Å². The molecule has 3 aromatic rings. The number of nitrogens with one attached hydrogen (secondary N) is 2. The van der Waals surface area contributed by atoms with E-state index in [1.54, 1.807) is 0 Å². The number of amides is 1. The number of rotatable bonds is 7. The van der Waals surface area contributed by atoms with Crippen LogP contribution in [0.15, 0.2) is 91.0 Å². The summed E-state index contributed by atoms with van der Waals surface area (Å²) in [6.45, 7) is 0.660. The molecule has 136 valence electrons. The summed E-state index contributed by atoms with van der Waals surface area (Å²) in [7, 11) is 0. The highest BCUT2D eigenvalue weighted by Crippen LogP contribution is 2.21. The quantitative estimate of drug-likeness (QED) is 0.597. The van der Waals surface area contributed by atoms with Gasteiger partial charge < -0.3 is 15.4 Å². The molecule has 4 nitrogen and oxygen atoms in total. The molecule has 0 atom stereocenters.